The first-order valence-electron chi connectivity index (χ1n) is 7.00. The summed E-state index contributed by atoms with van der Waals surface area (Å²) in [5.74, 6) is -0.224. The molecule has 1 aromatic rings. The lowest BCUT2D eigenvalue weighted by atomic mass is 10.1. The molecule has 128 valence electrons. The van der Waals surface area contributed by atoms with Crippen LogP contribution < -0.4 is 0 Å². The molecule has 1 atom stereocenters. The van der Waals surface area contributed by atoms with E-state index in [0.29, 0.717) is 13.0 Å². The fourth-order valence-electron chi connectivity index (χ4n) is 1.66. The summed E-state index contributed by atoms with van der Waals surface area (Å²) < 4.78 is 30.0. The lowest BCUT2D eigenvalue weighted by Gasteiger charge is -2.27. The van der Waals surface area contributed by atoms with Gasteiger partial charge >= 0.3 is 5.88 Å². The minimum absolute atomic E-state index is 0.0433. The summed E-state index contributed by atoms with van der Waals surface area (Å²) >= 11 is 0. The molecular weight excluding hydrogens is 326 g/mol. The molecule has 0 aliphatic carbocycles. The van der Waals surface area contributed by atoms with Gasteiger partial charge in [0.25, 0.3) is 7.52 Å². The third-order valence-corrected chi connectivity index (χ3v) is 5.19. The molecule has 2 radical (unpaired) electrons. The molecule has 0 amide bonds. The maximum atomic E-state index is 12.9. The van der Waals surface area contributed by atoms with Gasteiger partial charge in [-0.1, -0.05) is 6.32 Å². The van der Waals surface area contributed by atoms with Crippen LogP contribution in [0.5, 0.6) is 0 Å². The van der Waals surface area contributed by atoms with Crippen molar-refractivity contribution in [2.75, 3.05) is 33.2 Å². The Morgan fingerprint density at radius 3 is 2.83 bits per heavy atom. The van der Waals surface area contributed by atoms with Crippen molar-refractivity contribution in [1.29, 1.82) is 0 Å². The monoisotopic (exact) mass is 346 g/mol. The average Bonchev–Trinajstić information content (AvgIpc) is 3.00. The topological polar surface area (TPSA) is 115 Å². The van der Waals surface area contributed by atoms with Crippen molar-refractivity contribution in [1.82, 2.24) is 4.67 Å². The highest BCUT2D eigenvalue weighted by molar-refractivity contribution is 7.56. The lowest BCUT2D eigenvalue weighted by molar-refractivity contribution is -0.402. The third-order valence-electron chi connectivity index (χ3n) is 2.91. The zero-order chi connectivity index (χ0) is 17.3. The minimum Gasteiger partial charge on any atom is -0.403 e. The fraction of sp³-hybridized carbons (Fsp3) is 0.667. The van der Waals surface area contributed by atoms with Gasteiger partial charge in [-0.2, -0.15) is 0 Å². The van der Waals surface area contributed by atoms with Crippen LogP contribution in [0.3, 0.4) is 0 Å². The number of ether oxygens (including phenoxy) is 1. The molecule has 1 heterocycles. The predicted octanol–water partition coefficient (Wildman–Crippen LogP) is 1.77. The van der Waals surface area contributed by atoms with Gasteiger partial charge in [-0.15, -0.1) is 0 Å². The van der Waals surface area contributed by atoms with E-state index in [-0.39, 0.29) is 38.2 Å². The number of aliphatic hydroxyl groups excluding tert-OH is 1. The van der Waals surface area contributed by atoms with Gasteiger partial charge in [-0.3, -0.25) is 14.7 Å². The largest absolute Gasteiger partial charge is 0.433 e. The maximum Gasteiger partial charge on any atom is 0.433 e. The van der Waals surface area contributed by atoms with Crippen LogP contribution in [-0.2, 0) is 20.4 Å². The molecular formula is C12H20BN2O7P. The highest BCUT2D eigenvalue weighted by atomic mass is 31.2. The smallest absolute Gasteiger partial charge is 0.403 e. The minimum atomic E-state index is -3.34. The van der Waals surface area contributed by atoms with E-state index in [1.54, 1.807) is 7.05 Å². The quantitative estimate of drug-likeness (QED) is 0.200. The van der Waals surface area contributed by atoms with Gasteiger partial charge in [0.15, 0.2) is 0 Å². The number of hydrogen-bond donors (Lipinski definition) is 1. The second-order valence-electron chi connectivity index (χ2n) is 4.69. The molecule has 0 aliphatic rings. The normalized spacial score (nSPS) is 14.0. The Balaban J connectivity index is 2.70. The summed E-state index contributed by atoms with van der Waals surface area (Å²) in [7, 11) is 3.58. The summed E-state index contributed by atoms with van der Waals surface area (Å²) in [5, 5.41) is 19.4. The Bertz CT molecular complexity index is 539. The van der Waals surface area contributed by atoms with E-state index in [1.807, 2.05) is 0 Å². The standard InChI is InChI=1S/C12H20BN2O7P/c1-14(6-2-7-16)23(19,10-20-8-5-13)21-9-11-3-4-12(22-11)15(17)18/h3-4,16H,2,5-10H2,1H3. The SMILES string of the molecule is [B]CCOCP(=O)(OCc1ccc([N+](=O)[O-])o1)N(C)CCCO. The lowest BCUT2D eigenvalue weighted by Crippen LogP contribution is -2.22. The van der Waals surface area contributed by atoms with E-state index in [9.17, 15) is 14.7 Å². The molecule has 1 rings (SSSR count). The van der Waals surface area contributed by atoms with E-state index >= 15 is 0 Å². The molecule has 9 nitrogen and oxygen atoms in total. The second-order valence-corrected chi connectivity index (χ2v) is 7.17. The van der Waals surface area contributed by atoms with Crippen LogP contribution in [0, 0.1) is 10.1 Å². The molecule has 1 unspecified atom stereocenters. The Labute approximate surface area is 135 Å². The van der Waals surface area contributed by atoms with Gasteiger partial charge in [0.1, 0.15) is 23.6 Å². The van der Waals surface area contributed by atoms with E-state index in [1.165, 1.54) is 16.8 Å². The van der Waals surface area contributed by atoms with Crippen molar-refractivity contribution in [2.24, 2.45) is 0 Å². The van der Waals surface area contributed by atoms with E-state index < -0.39 is 18.3 Å². The Morgan fingerprint density at radius 2 is 2.26 bits per heavy atom. The highest BCUT2D eigenvalue weighted by Gasteiger charge is 2.30. The van der Waals surface area contributed by atoms with Gasteiger partial charge in [0.2, 0.25) is 0 Å². The van der Waals surface area contributed by atoms with Crippen LogP contribution >= 0.6 is 7.52 Å². The Morgan fingerprint density at radius 1 is 1.52 bits per heavy atom. The number of hydrogen-bond acceptors (Lipinski definition) is 7. The summed E-state index contributed by atoms with van der Waals surface area (Å²) in [4.78, 5) is 9.90. The van der Waals surface area contributed by atoms with Crippen molar-refractivity contribution in [2.45, 2.75) is 19.3 Å². The fourth-order valence-corrected chi connectivity index (χ4v) is 3.26. The first kappa shape index (κ1) is 19.9. The van der Waals surface area contributed by atoms with Crippen LogP contribution in [-0.4, -0.2) is 55.7 Å². The molecule has 1 aromatic heterocycles. The number of rotatable bonds is 12. The van der Waals surface area contributed by atoms with Gasteiger partial charge in [0, 0.05) is 19.8 Å². The maximum absolute atomic E-state index is 12.9. The molecule has 0 fully saturated rings. The van der Waals surface area contributed by atoms with E-state index in [4.69, 9.17) is 26.6 Å². The summed E-state index contributed by atoms with van der Waals surface area (Å²) in [6.07, 6.45) is 0.534. The van der Waals surface area contributed by atoms with Crippen molar-refractivity contribution in [3.05, 3.63) is 28.0 Å². The van der Waals surface area contributed by atoms with Crippen LogP contribution in [0.1, 0.15) is 12.2 Å². The van der Waals surface area contributed by atoms with E-state index in [2.05, 4.69) is 0 Å². The Kier molecular flexibility index (Phi) is 8.50. The first-order valence-corrected chi connectivity index (χ1v) is 8.76. The third kappa shape index (κ3) is 6.44. The Hall–Kier alpha value is -1.19. The highest BCUT2D eigenvalue weighted by Crippen LogP contribution is 2.50. The molecule has 0 aliphatic heterocycles. The van der Waals surface area contributed by atoms with Crippen LogP contribution in [0.15, 0.2) is 16.5 Å². The van der Waals surface area contributed by atoms with Crippen molar-refractivity contribution >= 4 is 21.3 Å². The molecule has 11 heteroatoms. The molecule has 23 heavy (non-hydrogen) atoms. The first-order chi connectivity index (χ1) is 10.9. The van der Waals surface area contributed by atoms with Gasteiger partial charge in [-0.25, -0.2) is 4.67 Å². The van der Waals surface area contributed by atoms with Gasteiger partial charge in [-0.05, 0) is 19.5 Å². The van der Waals surface area contributed by atoms with Crippen molar-refractivity contribution < 1.29 is 28.3 Å². The van der Waals surface area contributed by atoms with Gasteiger partial charge in [0.05, 0.1) is 13.9 Å². The summed E-state index contributed by atoms with van der Waals surface area (Å²) in [6.45, 7) is 0.338. The molecule has 0 bridgehead atoms. The second kappa shape index (κ2) is 9.84. The molecule has 0 saturated heterocycles. The molecule has 0 aromatic carbocycles. The van der Waals surface area contributed by atoms with Crippen molar-refractivity contribution in [3.8, 4) is 0 Å². The summed E-state index contributed by atoms with van der Waals surface area (Å²) in [6, 6.07) is 2.58. The van der Waals surface area contributed by atoms with E-state index in [0.717, 1.165) is 0 Å². The molecule has 0 spiro atoms. The average molecular weight is 346 g/mol. The van der Waals surface area contributed by atoms with Crippen LogP contribution in [0.25, 0.3) is 0 Å². The number of aliphatic hydroxyl groups is 1. The number of nitrogens with zero attached hydrogens (tertiary/aromatic N) is 2. The van der Waals surface area contributed by atoms with Gasteiger partial charge < -0.3 is 18.8 Å². The zero-order valence-electron chi connectivity index (χ0n) is 12.9. The number of furan rings is 1. The van der Waals surface area contributed by atoms with Crippen LogP contribution in [0.2, 0.25) is 6.32 Å². The molecule has 0 saturated carbocycles. The van der Waals surface area contributed by atoms with Crippen molar-refractivity contribution in [3.63, 3.8) is 0 Å². The predicted molar refractivity (Wildman–Crippen MR) is 83.5 cm³/mol. The molecule has 1 N–H and O–H groups in total. The zero-order valence-corrected chi connectivity index (χ0v) is 13.8. The summed E-state index contributed by atoms with van der Waals surface area (Å²) in [5.41, 5.74) is 0. The number of nitro groups is 1. The van der Waals surface area contributed by atoms with Crippen LogP contribution in [0.4, 0.5) is 5.88 Å².